The Balaban J connectivity index is 1.37. The molecule has 1 aromatic heterocycles. The van der Waals surface area contributed by atoms with Gasteiger partial charge in [0.25, 0.3) is 0 Å². The summed E-state index contributed by atoms with van der Waals surface area (Å²) in [5.74, 6) is -0.165. The number of nitrogens with one attached hydrogen (secondary N) is 1. The van der Waals surface area contributed by atoms with Crippen molar-refractivity contribution in [2.24, 2.45) is 0 Å². The summed E-state index contributed by atoms with van der Waals surface area (Å²) >= 11 is 0. The maximum Gasteiger partial charge on any atom is 0.338 e. The van der Waals surface area contributed by atoms with Gasteiger partial charge in [-0.1, -0.05) is 12.1 Å². The van der Waals surface area contributed by atoms with Crippen LogP contribution in [0, 0.1) is 11.3 Å². The number of hydrogen-bond acceptors (Lipinski definition) is 7. The zero-order chi connectivity index (χ0) is 21.6. The normalized spacial score (nSPS) is 16.5. The lowest BCUT2D eigenvalue weighted by Gasteiger charge is -2.11. The van der Waals surface area contributed by atoms with Crippen molar-refractivity contribution in [3.8, 4) is 11.8 Å². The molecule has 0 bridgehead atoms. The van der Waals surface area contributed by atoms with E-state index in [2.05, 4.69) is 9.97 Å². The Labute approximate surface area is 178 Å². The molecular weight excluding hydrogens is 398 g/mol. The number of aliphatic hydroxyl groups is 1. The summed E-state index contributed by atoms with van der Waals surface area (Å²) in [6.45, 7) is 0.793. The zero-order valence-electron chi connectivity index (χ0n) is 16.7. The van der Waals surface area contributed by atoms with Crippen molar-refractivity contribution in [3.63, 3.8) is 0 Å². The molecule has 0 radical (unpaired) electrons. The van der Waals surface area contributed by atoms with Crippen LogP contribution in [-0.2, 0) is 9.47 Å². The van der Waals surface area contributed by atoms with Crippen molar-refractivity contribution in [2.45, 2.75) is 18.9 Å². The maximum atomic E-state index is 12.3. The van der Waals surface area contributed by atoms with Gasteiger partial charge in [-0.25, -0.2) is 9.78 Å². The SMILES string of the molecule is N#CC(=C(O)COC(=O)c1ccc(OC[C@H]2CCCO2)cc1)c1nc2ccccc2[nH]1. The summed E-state index contributed by atoms with van der Waals surface area (Å²) in [6, 6.07) is 15.7. The van der Waals surface area contributed by atoms with Crippen molar-refractivity contribution in [1.29, 1.82) is 5.26 Å². The number of aromatic amines is 1. The molecule has 0 spiro atoms. The second kappa shape index (κ2) is 9.32. The molecule has 2 N–H and O–H groups in total. The number of benzene rings is 2. The van der Waals surface area contributed by atoms with Gasteiger partial charge in [-0.15, -0.1) is 0 Å². The van der Waals surface area contributed by atoms with Gasteiger partial charge in [-0.2, -0.15) is 5.26 Å². The maximum absolute atomic E-state index is 12.3. The number of aromatic nitrogens is 2. The smallest absolute Gasteiger partial charge is 0.338 e. The topological polar surface area (TPSA) is 117 Å². The third-order valence-corrected chi connectivity index (χ3v) is 4.92. The van der Waals surface area contributed by atoms with Crippen LogP contribution in [0.3, 0.4) is 0 Å². The van der Waals surface area contributed by atoms with Crippen molar-refractivity contribution >= 4 is 22.6 Å². The molecule has 2 heterocycles. The van der Waals surface area contributed by atoms with E-state index in [4.69, 9.17) is 14.2 Å². The summed E-state index contributed by atoms with van der Waals surface area (Å²) in [5, 5.41) is 19.7. The van der Waals surface area contributed by atoms with Gasteiger partial charge in [-0.05, 0) is 49.2 Å². The molecule has 8 nitrogen and oxygen atoms in total. The minimum Gasteiger partial charge on any atom is -0.507 e. The number of nitrogens with zero attached hydrogens (tertiary/aromatic N) is 2. The Hall–Kier alpha value is -3.83. The van der Waals surface area contributed by atoms with Crippen molar-refractivity contribution in [2.75, 3.05) is 19.8 Å². The lowest BCUT2D eigenvalue weighted by atomic mass is 10.2. The van der Waals surface area contributed by atoms with E-state index >= 15 is 0 Å². The van der Waals surface area contributed by atoms with Crippen LogP contribution in [0.5, 0.6) is 5.75 Å². The fourth-order valence-electron chi connectivity index (χ4n) is 3.27. The molecule has 1 fully saturated rings. The van der Waals surface area contributed by atoms with Crippen LogP contribution in [0.4, 0.5) is 0 Å². The largest absolute Gasteiger partial charge is 0.507 e. The lowest BCUT2D eigenvalue weighted by molar-refractivity contribution is 0.0502. The van der Waals surface area contributed by atoms with E-state index in [-0.39, 0.29) is 23.3 Å². The predicted molar refractivity (Wildman–Crippen MR) is 112 cm³/mol. The molecule has 1 atom stereocenters. The fraction of sp³-hybridized carbons (Fsp3) is 0.261. The van der Waals surface area contributed by atoms with Gasteiger partial charge < -0.3 is 24.3 Å². The number of rotatable bonds is 7. The van der Waals surface area contributed by atoms with Crippen LogP contribution in [0.25, 0.3) is 16.6 Å². The number of aliphatic hydroxyl groups excluding tert-OH is 1. The number of hydrogen-bond donors (Lipinski definition) is 2. The number of nitriles is 1. The molecule has 3 aromatic rings. The summed E-state index contributed by atoms with van der Waals surface area (Å²) in [7, 11) is 0. The Morgan fingerprint density at radius 2 is 2.06 bits per heavy atom. The Morgan fingerprint density at radius 3 is 2.77 bits per heavy atom. The number of carbonyl (C=O) groups is 1. The summed E-state index contributed by atoms with van der Waals surface area (Å²) < 4.78 is 16.3. The number of ether oxygens (including phenoxy) is 3. The molecule has 0 saturated carbocycles. The van der Waals surface area contributed by atoms with Crippen LogP contribution < -0.4 is 4.74 Å². The van der Waals surface area contributed by atoms with Crippen LogP contribution in [-0.4, -0.2) is 47.0 Å². The Bertz CT molecular complexity index is 1100. The van der Waals surface area contributed by atoms with E-state index in [0.717, 1.165) is 25.0 Å². The predicted octanol–water partition coefficient (Wildman–Crippen LogP) is 3.77. The van der Waals surface area contributed by atoms with E-state index in [9.17, 15) is 15.2 Å². The summed E-state index contributed by atoms with van der Waals surface area (Å²) in [4.78, 5) is 19.5. The quantitative estimate of drug-likeness (QED) is 0.340. The van der Waals surface area contributed by atoms with Crippen molar-refractivity contribution in [3.05, 3.63) is 65.7 Å². The molecular formula is C23H21N3O5. The molecule has 31 heavy (non-hydrogen) atoms. The number of imidazole rings is 1. The number of fused-ring (bicyclic) bond motifs is 1. The highest BCUT2D eigenvalue weighted by molar-refractivity contribution is 5.90. The monoisotopic (exact) mass is 419 g/mol. The van der Waals surface area contributed by atoms with Crippen molar-refractivity contribution in [1.82, 2.24) is 9.97 Å². The second-order valence-corrected chi connectivity index (χ2v) is 7.08. The van der Waals surface area contributed by atoms with E-state index < -0.39 is 12.6 Å². The van der Waals surface area contributed by atoms with Crippen LogP contribution in [0.1, 0.15) is 29.0 Å². The van der Waals surface area contributed by atoms with E-state index in [1.165, 1.54) is 0 Å². The van der Waals surface area contributed by atoms with Gasteiger partial charge in [0.15, 0.2) is 11.6 Å². The van der Waals surface area contributed by atoms with Gasteiger partial charge in [0.05, 0.1) is 22.7 Å². The molecule has 8 heteroatoms. The fourth-order valence-corrected chi connectivity index (χ4v) is 3.27. The molecule has 1 aliphatic heterocycles. The molecule has 1 saturated heterocycles. The minimum absolute atomic E-state index is 0.0816. The molecule has 4 rings (SSSR count). The minimum atomic E-state index is -0.626. The third kappa shape index (κ3) is 4.85. The first-order valence-electron chi connectivity index (χ1n) is 9.93. The molecule has 0 unspecified atom stereocenters. The van der Waals surface area contributed by atoms with E-state index in [1.807, 2.05) is 24.3 Å². The number of carbonyl (C=O) groups excluding carboxylic acids is 1. The van der Waals surface area contributed by atoms with Crippen molar-refractivity contribution < 1.29 is 24.1 Å². The molecule has 0 aliphatic carbocycles. The van der Waals surface area contributed by atoms with Gasteiger partial charge in [0.1, 0.15) is 30.6 Å². The number of H-pyrrole nitrogens is 1. The van der Waals surface area contributed by atoms with E-state index in [1.54, 1.807) is 30.3 Å². The lowest BCUT2D eigenvalue weighted by Crippen LogP contribution is -2.16. The third-order valence-electron chi connectivity index (χ3n) is 4.92. The Morgan fingerprint density at radius 1 is 1.26 bits per heavy atom. The van der Waals surface area contributed by atoms with Gasteiger partial charge >= 0.3 is 5.97 Å². The number of para-hydroxylation sites is 2. The number of allylic oxidation sites excluding steroid dienone is 1. The molecule has 2 aromatic carbocycles. The summed E-state index contributed by atoms with van der Waals surface area (Å²) in [6.07, 6.45) is 2.14. The number of esters is 1. The highest BCUT2D eigenvalue weighted by Crippen LogP contribution is 2.20. The average molecular weight is 419 g/mol. The Kier molecular flexibility index (Phi) is 6.15. The molecule has 0 amide bonds. The van der Waals surface area contributed by atoms with Crippen LogP contribution in [0.2, 0.25) is 0 Å². The second-order valence-electron chi connectivity index (χ2n) is 7.08. The van der Waals surface area contributed by atoms with Crippen LogP contribution >= 0.6 is 0 Å². The summed E-state index contributed by atoms with van der Waals surface area (Å²) in [5.41, 5.74) is 1.62. The highest BCUT2D eigenvalue weighted by atomic mass is 16.5. The molecule has 1 aliphatic rings. The standard InChI is InChI=1S/C23H21N3O5/c24-12-18(22-25-19-5-1-2-6-20(19)26-22)21(27)14-31-23(28)15-7-9-16(10-8-15)30-13-17-4-3-11-29-17/h1-2,5-10,17,27H,3-4,11,13-14H2,(H,25,26)/t17-/m1/s1. The molecule has 158 valence electrons. The average Bonchev–Trinajstić information content (AvgIpc) is 3.46. The van der Waals surface area contributed by atoms with Gasteiger partial charge in [0.2, 0.25) is 0 Å². The van der Waals surface area contributed by atoms with Gasteiger partial charge in [0, 0.05) is 6.61 Å². The van der Waals surface area contributed by atoms with E-state index in [0.29, 0.717) is 23.4 Å². The van der Waals surface area contributed by atoms with Crippen LogP contribution in [0.15, 0.2) is 54.3 Å². The highest BCUT2D eigenvalue weighted by Gasteiger charge is 2.17. The zero-order valence-corrected chi connectivity index (χ0v) is 16.7. The van der Waals surface area contributed by atoms with Gasteiger partial charge in [-0.3, -0.25) is 0 Å². The first-order chi connectivity index (χ1) is 15.1. The first-order valence-corrected chi connectivity index (χ1v) is 9.93. The first kappa shape index (κ1) is 20.4.